The first-order valence-electron chi connectivity index (χ1n) is 11.3. The highest BCUT2D eigenvalue weighted by Gasteiger charge is 2.26. The highest BCUT2D eigenvalue weighted by molar-refractivity contribution is 5.79. The van der Waals surface area contributed by atoms with Crippen LogP contribution in [0.5, 0.6) is 11.6 Å². The van der Waals surface area contributed by atoms with Crippen LogP contribution in [0.25, 0.3) is 0 Å². The zero-order valence-corrected chi connectivity index (χ0v) is 18.5. The highest BCUT2D eigenvalue weighted by atomic mass is 16.5. The summed E-state index contributed by atoms with van der Waals surface area (Å²) in [5.74, 6) is 2.32. The summed E-state index contributed by atoms with van der Waals surface area (Å²) >= 11 is 0. The van der Waals surface area contributed by atoms with E-state index >= 15 is 0 Å². The first-order valence-corrected chi connectivity index (χ1v) is 11.3. The molecule has 0 unspecified atom stereocenters. The van der Waals surface area contributed by atoms with Crippen LogP contribution in [0.4, 0.5) is 5.82 Å². The summed E-state index contributed by atoms with van der Waals surface area (Å²) in [6.07, 6.45) is 5.08. The van der Waals surface area contributed by atoms with E-state index in [0.717, 1.165) is 50.3 Å². The number of anilines is 1. The molecule has 2 aromatic carbocycles. The Kier molecular flexibility index (Phi) is 7.33. The van der Waals surface area contributed by atoms with Gasteiger partial charge in [0.15, 0.2) is 0 Å². The lowest BCUT2D eigenvalue weighted by atomic mass is 9.95. The molecule has 0 radical (unpaired) electrons. The number of piperidine rings is 1. The number of nitrogens with one attached hydrogen (secondary N) is 1. The molecule has 4 rings (SSSR count). The van der Waals surface area contributed by atoms with Crippen molar-refractivity contribution in [1.82, 2.24) is 15.3 Å². The van der Waals surface area contributed by atoms with Crippen molar-refractivity contribution in [1.29, 1.82) is 0 Å². The summed E-state index contributed by atoms with van der Waals surface area (Å²) in [6, 6.07) is 22.0. The van der Waals surface area contributed by atoms with E-state index in [4.69, 9.17) is 4.74 Å². The molecule has 32 heavy (non-hydrogen) atoms. The van der Waals surface area contributed by atoms with Crippen LogP contribution in [0.3, 0.4) is 0 Å². The normalized spacial score (nSPS) is 15.2. The molecule has 3 aromatic rings. The van der Waals surface area contributed by atoms with Gasteiger partial charge < -0.3 is 15.0 Å². The van der Waals surface area contributed by atoms with Crippen LogP contribution < -0.4 is 15.0 Å². The van der Waals surface area contributed by atoms with Crippen LogP contribution in [-0.2, 0) is 11.2 Å². The van der Waals surface area contributed by atoms with E-state index in [9.17, 15) is 4.79 Å². The van der Waals surface area contributed by atoms with Crippen LogP contribution in [0.2, 0.25) is 0 Å². The Balaban J connectivity index is 1.25. The molecule has 0 spiro atoms. The predicted molar refractivity (Wildman–Crippen MR) is 126 cm³/mol. The van der Waals surface area contributed by atoms with Crippen LogP contribution in [0, 0.1) is 5.92 Å². The first kappa shape index (κ1) is 21.8. The number of para-hydroxylation sites is 1. The zero-order valence-electron chi connectivity index (χ0n) is 18.5. The molecule has 1 aliphatic heterocycles. The third-order valence-electron chi connectivity index (χ3n) is 5.88. The number of amides is 1. The molecular formula is C26H30N4O2. The standard InChI is InChI=1S/C26H30N4O2/c1-20(12-13-21-8-4-2-5-9-21)29-26(31)22-14-16-30(17-15-22)24-18-25(28-19-27-24)32-23-10-6-3-7-11-23/h2-11,18-20,22H,12-17H2,1H3,(H,29,31)/t20-/m0/s1. The molecule has 1 saturated heterocycles. The molecule has 0 bridgehead atoms. The van der Waals surface area contributed by atoms with Gasteiger partial charge in [0, 0.05) is 31.1 Å². The Labute approximate surface area is 189 Å². The quantitative estimate of drug-likeness (QED) is 0.565. The van der Waals surface area contributed by atoms with Crippen molar-refractivity contribution in [3.05, 3.63) is 78.6 Å². The minimum atomic E-state index is 0.0484. The minimum absolute atomic E-state index is 0.0484. The predicted octanol–water partition coefficient (Wildman–Crippen LogP) is 4.62. The maximum absolute atomic E-state index is 12.7. The number of hydrogen-bond acceptors (Lipinski definition) is 5. The smallest absolute Gasteiger partial charge is 0.224 e. The Morgan fingerprint density at radius 1 is 1.06 bits per heavy atom. The van der Waals surface area contributed by atoms with E-state index in [1.54, 1.807) is 0 Å². The number of nitrogens with zero attached hydrogens (tertiary/aromatic N) is 3. The van der Waals surface area contributed by atoms with E-state index in [1.165, 1.54) is 11.9 Å². The van der Waals surface area contributed by atoms with E-state index in [0.29, 0.717) is 5.88 Å². The van der Waals surface area contributed by atoms with Gasteiger partial charge in [0.05, 0.1) is 0 Å². The maximum atomic E-state index is 12.7. The fourth-order valence-corrected chi connectivity index (χ4v) is 4.00. The second-order valence-electron chi connectivity index (χ2n) is 8.32. The molecule has 0 aliphatic carbocycles. The molecule has 1 atom stereocenters. The fraction of sp³-hybridized carbons (Fsp3) is 0.346. The third-order valence-corrected chi connectivity index (χ3v) is 5.88. The van der Waals surface area contributed by atoms with Crippen molar-refractivity contribution in [2.45, 2.75) is 38.6 Å². The van der Waals surface area contributed by atoms with Gasteiger partial charge in [0.1, 0.15) is 17.9 Å². The fourth-order valence-electron chi connectivity index (χ4n) is 4.00. The Hall–Kier alpha value is -3.41. The number of ether oxygens (including phenoxy) is 1. The van der Waals surface area contributed by atoms with E-state index < -0.39 is 0 Å². The van der Waals surface area contributed by atoms with Crippen LogP contribution in [-0.4, -0.2) is 35.0 Å². The van der Waals surface area contributed by atoms with Crippen LogP contribution in [0.1, 0.15) is 31.7 Å². The number of aryl methyl sites for hydroxylation is 1. The summed E-state index contributed by atoms with van der Waals surface area (Å²) in [6.45, 7) is 3.67. The number of aromatic nitrogens is 2. The maximum Gasteiger partial charge on any atom is 0.224 e. The minimum Gasteiger partial charge on any atom is -0.439 e. The number of benzene rings is 2. The molecule has 1 aromatic heterocycles. The molecule has 6 heteroatoms. The van der Waals surface area contributed by atoms with Gasteiger partial charge >= 0.3 is 0 Å². The van der Waals surface area contributed by atoms with E-state index in [1.807, 2.05) is 42.5 Å². The third kappa shape index (κ3) is 6.06. The molecule has 1 N–H and O–H groups in total. The number of carbonyl (C=O) groups excluding carboxylic acids is 1. The van der Waals surface area contributed by atoms with Crippen molar-refractivity contribution in [3.63, 3.8) is 0 Å². The van der Waals surface area contributed by atoms with Crippen molar-refractivity contribution >= 4 is 11.7 Å². The lowest BCUT2D eigenvalue weighted by Crippen LogP contribution is -2.43. The molecule has 0 saturated carbocycles. The van der Waals surface area contributed by atoms with Gasteiger partial charge in [-0.15, -0.1) is 0 Å². The summed E-state index contributed by atoms with van der Waals surface area (Å²) in [4.78, 5) is 23.6. The van der Waals surface area contributed by atoms with Gasteiger partial charge in [-0.25, -0.2) is 9.97 Å². The van der Waals surface area contributed by atoms with Gasteiger partial charge in [-0.2, -0.15) is 0 Å². The van der Waals surface area contributed by atoms with Gasteiger partial charge in [0.25, 0.3) is 0 Å². The average Bonchev–Trinajstić information content (AvgIpc) is 2.84. The molecule has 166 valence electrons. The van der Waals surface area contributed by atoms with Crippen molar-refractivity contribution in [3.8, 4) is 11.6 Å². The highest BCUT2D eigenvalue weighted by Crippen LogP contribution is 2.26. The first-order chi connectivity index (χ1) is 15.7. The monoisotopic (exact) mass is 430 g/mol. The summed E-state index contributed by atoms with van der Waals surface area (Å²) in [5, 5.41) is 3.21. The summed E-state index contributed by atoms with van der Waals surface area (Å²) < 4.78 is 5.83. The second-order valence-corrected chi connectivity index (χ2v) is 8.32. The van der Waals surface area contributed by atoms with Gasteiger partial charge in [-0.05, 0) is 50.3 Å². The van der Waals surface area contributed by atoms with Crippen molar-refractivity contribution < 1.29 is 9.53 Å². The number of carbonyl (C=O) groups is 1. The lowest BCUT2D eigenvalue weighted by molar-refractivity contribution is -0.126. The van der Waals surface area contributed by atoms with Gasteiger partial charge in [0.2, 0.25) is 11.8 Å². The van der Waals surface area contributed by atoms with Gasteiger partial charge in [-0.3, -0.25) is 4.79 Å². The molecular weight excluding hydrogens is 400 g/mol. The van der Waals surface area contributed by atoms with E-state index in [2.05, 4.69) is 51.4 Å². The zero-order chi connectivity index (χ0) is 22.2. The largest absolute Gasteiger partial charge is 0.439 e. The summed E-state index contributed by atoms with van der Waals surface area (Å²) in [7, 11) is 0. The summed E-state index contributed by atoms with van der Waals surface area (Å²) in [5.41, 5.74) is 1.31. The Morgan fingerprint density at radius 2 is 1.75 bits per heavy atom. The molecule has 1 fully saturated rings. The molecule has 1 aliphatic rings. The van der Waals surface area contributed by atoms with Crippen molar-refractivity contribution in [2.24, 2.45) is 5.92 Å². The van der Waals surface area contributed by atoms with Crippen LogP contribution >= 0.6 is 0 Å². The molecule has 2 heterocycles. The van der Waals surface area contributed by atoms with Crippen molar-refractivity contribution in [2.75, 3.05) is 18.0 Å². The Morgan fingerprint density at radius 3 is 2.47 bits per heavy atom. The topological polar surface area (TPSA) is 67.4 Å². The lowest BCUT2D eigenvalue weighted by Gasteiger charge is -2.32. The molecule has 1 amide bonds. The SMILES string of the molecule is C[C@@H](CCc1ccccc1)NC(=O)C1CCN(c2cc(Oc3ccccc3)ncn2)CC1. The number of rotatable bonds is 8. The van der Waals surface area contributed by atoms with Crippen LogP contribution in [0.15, 0.2) is 73.1 Å². The van der Waals surface area contributed by atoms with Gasteiger partial charge in [-0.1, -0.05) is 48.5 Å². The Bertz CT molecular complexity index is 989. The average molecular weight is 431 g/mol. The second kappa shape index (κ2) is 10.8. The molecule has 6 nitrogen and oxygen atoms in total. The number of hydrogen-bond donors (Lipinski definition) is 1. The van der Waals surface area contributed by atoms with E-state index in [-0.39, 0.29) is 17.9 Å².